The summed E-state index contributed by atoms with van der Waals surface area (Å²) in [7, 11) is 2.08. The summed E-state index contributed by atoms with van der Waals surface area (Å²) in [6.45, 7) is 9.00. The minimum atomic E-state index is -0.292. The van der Waals surface area contributed by atoms with Gasteiger partial charge in [0, 0.05) is 47.1 Å². The third kappa shape index (κ3) is 3.35. The van der Waals surface area contributed by atoms with Crippen molar-refractivity contribution in [1.82, 2.24) is 19.1 Å². The van der Waals surface area contributed by atoms with E-state index in [-0.39, 0.29) is 10.8 Å². The van der Waals surface area contributed by atoms with E-state index in [0.29, 0.717) is 0 Å². The Morgan fingerprint density at radius 1 is 0.600 bits per heavy atom. The first kappa shape index (κ1) is 21.6. The van der Waals surface area contributed by atoms with Crippen molar-refractivity contribution < 1.29 is 0 Å². The zero-order valence-electron chi connectivity index (χ0n) is 20.9. The van der Waals surface area contributed by atoms with E-state index in [1.54, 1.807) is 0 Å². The summed E-state index contributed by atoms with van der Waals surface area (Å²) in [6.07, 6.45) is 4.37. The zero-order chi connectivity index (χ0) is 24.4. The Morgan fingerprint density at radius 2 is 1.14 bits per heavy atom. The second kappa shape index (κ2) is 7.54. The first-order valence-corrected chi connectivity index (χ1v) is 12.2. The Kier molecular flexibility index (Phi) is 4.65. The van der Waals surface area contributed by atoms with Gasteiger partial charge in [-0.2, -0.15) is 0 Å². The summed E-state index contributed by atoms with van der Waals surface area (Å²) < 4.78 is 4.37. The van der Waals surface area contributed by atoms with Crippen LogP contribution in [0.3, 0.4) is 0 Å². The lowest BCUT2D eigenvalue weighted by Gasteiger charge is -2.24. The molecule has 0 saturated carbocycles. The van der Waals surface area contributed by atoms with E-state index in [0.717, 1.165) is 39.9 Å². The number of hydrogen-bond donors (Lipinski definition) is 0. The van der Waals surface area contributed by atoms with Crippen molar-refractivity contribution in [2.75, 3.05) is 0 Å². The largest absolute Gasteiger partial charge is 0.334 e. The van der Waals surface area contributed by atoms with Gasteiger partial charge in [-0.15, -0.1) is 0 Å². The van der Waals surface area contributed by atoms with Crippen LogP contribution in [-0.2, 0) is 17.9 Å². The van der Waals surface area contributed by atoms with Crippen molar-refractivity contribution in [3.63, 3.8) is 0 Å². The zero-order valence-corrected chi connectivity index (χ0v) is 20.9. The number of fused-ring (bicyclic) bond motifs is 10. The summed E-state index contributed by atoms with van der Waals surface area (Å²) in [5.41, 5.74) is 7.30. The van der Waals surface area contributed by atoms with Crippen LogP contribution in [0.4, 0.5) is 0 Å². The molecule has 0 N–H and O–H groups in total. The lowest BCUT2D eigenvalue weighted by molar-refractivity contribution is 0.618. The van der Waals surface area contributed by atoms with E-state index in [9.17, 15) is 0 Å². The molecule has 4 heteroatoms. The maximum atomic E-state index is 5.28. The molecule has 0 aliphatic carbocycles. The number of rotatable bonds is 1. The monoisotopic (exact) mass is 458 g/mol. The second-order valence-corrected chi connectivity index (χ2v) is 10.6. The lowest BCUT2D eigenvalue weighted by atomic mass is 9.80. The Labute approximate surface area is 206 Å². The highest BCUT2D eigenvalue weighted by atomic mass is 15.1. The molecular formula is C31H30N4. The second-order valence-electron chi connectivity index (χ2n) is 10.6. The maximum absolute atomic E-state index is 5.28. The molecule has 0 fully saturated rings. The molecule has 35 heavy (non-hydrogen) atoms. The predicted octanol–water partition coefficient (Wildman–Crippen LogP) is 6.91. The van der Waals surface area contributed by atoms with Crippen molar-refractivity contribution in [3.8, 4) is 28.5 Å². The van der Waals surface area contributed by atoms with Gasteiger partial charge in [0.1, 0.15) is 11.6 Å². The number of benzene rings is 3. The van der Waals surface area contributed by atoms with Gasteiger partial charge < -0.3 is 4.57 Å². The van der Waals surface area contributed by atoms with Gasteiger partial charge in [0.05, 0.1) is 11.4 Å². The molecule has 0 unspecified atom stereocenters. The van der Waals surface area contributed by atoms with E-state index in [4.69, 9.17) is 9.97 Å². The fraction of sp³-hybridized carbons (Fsp3) is 0.226. The Balaban J connectivity index is 1.69. The van der Waals surface area contributed by atoms with Gasteiger partial charge in [-0.05, 0) is 35.4 Å². The Hall–Kier alpha value is -3.92. The molecule has 174 valence electrons. The number of para-hydroxylation sites is 1. The third-order valence-corrected chi connectivity index (χ3v) is 7.58. The highest BCUT2D eigenvalue weighted by Crippen LogP contribution is 2.39. The highest BCUT2D eigenvalue weighted by Gasteiger charge is 2.31. The summed E-state index contributed by atoms with van der Waals surface area (Å²) in [6, 6.07) is 28.0. The van der Waals surface area contributed by atoms with Crippen LogP contribution < -0.4 is 0 Å². The number of aryl methyl sites for hydroxylation is 1. The molecule has 5 aromatic rings. The minimum Gasteiger partial charge on any atom is -0.334 e. The summed E-state index contributed by atoms with van der Waals surface area (Å²) in [4.78, 5) is 10.4. The van der Waals surface area contributed by atoms with E-state index >= 15 is 0 Å². The van der Waals surface area contributed by atoms with Crippen LogP contribution in [0.2, 0.25) is 0 Å². The van der Waals surface area contributed by atoms with E-state index in [1.807, 2.05) is 0 Å². The molecule has 1 aliphatic rings. The first-order chi connectivity index (χ1) is 16.7. The van der Waals surface area contributed by atoms with Crippen molar-refractivity contribution in [2.45, 2.75) is 38.5 Å². The van der Waals surface area contributed by atoms with Crippen LogP contribution >= 0.6 is 0 Å². The summed E-state index contributed by atoms with van der Waals surface area (Å²) in [5, 5.41) is 0. The molecular weight excluding hydrogens is 428 g/mol. The molecule has 0 amide bonds. The van der Waals surface area contributed by atoms with Gasteiger partial charge in [-0.25, -0.2) is 9.97 Å². The van der Waals surface area contributed by atoms with Crippen molar-refractivity contribution in [2.24, 2.45) is 7.05 Å². The fourth-order valence-electron chi connectivity index (χ4n) is 5.10. The number of hydrogen-bond acceptors (Lipinski definition) is 2. The molecule has 1 aliphatic heterocycles. The standard InChI is InChI=1S/C31H30N4/c1-30(2)24-14-10-12-22(18-24)29-33-27(20-35(29)25-15-7-6-8-16-25)31(3,4)23-13-9-11-21(17-23)28-32-26(30)19-34(28)5/h6-20H,1-5H3. The Bertz CT molecular complexity index is 1550. The Morgan fingerprint density at radius 3 is 1.77 bits per heavy atom. The molecule has 3 heterocycles. The smallest absolute Gasteiger partial charge is 0.144 e. The van der Waals surface area contributed by atoms with Crippen molar-refractivity contribution in [1.29, 1.82) is 0 Å². The number of imidazole rings is 2. The van der Waals surface area contributed by atoms with E-state index in [1.165, 1.54) is 11.1 Å². The number of nitrogens with zero attached hydrogens (tertiary/aromatic N) is 4. The quantitative estimate of drug-likeness (QED) is 0.274. The SMILES string of the molecule is Cn1cc2nc1-c1cccc(c1)C(C)(C)c1cn(-c3ccccc3)c(n1)-c1cccc(c1)C2(C)C. The summed E-state index contributed by atoms with van der Waals surface area (Å²) in [5.74, 6) is 1.93. The van der Waals surface area contributed by atoms with Gasteiger partial charge in [-0.1, -0.05) is 82.3 Å². The van der Waals surface area contributed by atoms with Gasteiger partial charge in [0.2, 0.25) is 0 Å². The van der Waals surface area contributed by atoms with Crippen LogP contribution in [0.15, 0.2) is 91.3 Å². The lowest BCUT2D eigenvalue weighted by Crippen LogP contribution is -2.20. The van der Waals surface area contributed by atoms with E-state index < -0.39 is 0 Å². The normalized spacial score (nSPS) is 15.5. The van der Waals surface area contributed by atoms with E-state index in [2.05, 4.69) is 135 Å². The van der Waals surface area contributed by atoms with Crippen LogP contribution in [0.5, 0.6) is 0 Å². The molecule has 0 radical (unpaired) electrons. The molecule has 6 rings (SSSR count). The average molecular weight is 459 g/mol. The topological polar surface area (TPSA) is 35.6 Å². The molecule has 0 atom stereocenters. The average Bonchev–Trinajstić information content (AvgIpc) is 3.50. The first-order valence-electron chi connectivity index (χ1n) is 12.2. The predicted molar refractivity (Wildman–Crippen MR) is 142 cm³/mol. The molecule has 8 bridgehead atoms. The van der Waals surface area contributed by atoms with Crippen LogP contribution in [0.25, 0.3) is 28.5 Å². The van der Waals surface area contributed by atoms with Gasteiger partial charge in [0.25, 0.3) is 0 Å². The number of aromatic nitrogens is 4. The molecule has 4 nitrogen and oxygen atoms in total. The highest BCUT2D eigenvalue weighted by molar-refractivity contribution is 5.64. The fourth-order valence-corrected chi connectivity index (χ4v) is 5.10. The molecule has 0 saturated heterocycles. The van der Waals surface area contributed by atoms with Gasteiger partial charge in [0.15, 0.2) is 0 Å². The van der Waals surface area contributed by atoms with Crippen molar-refractivity contribution >= 4 is 0 Å². The third-order valence-electron chi connectivity index (χ3n) is 7.58. The minimum absolute atomic E-state index is 0.264. The molecule has 3 aromatic carbocycles. The van der Waals surface area contributed by atoms with Crippen molar-refractivity contribution in [3.05, 3.63) is 114 Å². The van der Waals surface area contributed by atoms with Crippen LogP contribution in [-0.4, -0.2) is 19.1 Å². The summed E-state index contributed by atoms with van der Waals surface area (Å²) >= 11 is 0. The van der Waals surface area contributed by atoms with Gasteiger partial charge >= 0.3 is 0 Å². The molecule has 2 aromatic heterocycles. The van der Waals surface area contributed by atoms with Crippen LogP contribution in [0, 0.1) is 0 Å². The van der Waals surface area contributed by atoms with Gasteiger partial charge in [-0.3, -0.25) is 4.57 Å². The van der Waals surface area contributed by atoms with Crippen LogP contribution in [0.1, 0.15) is 50.2 Å². The molecule has 0 spiro atoms. The maximum Gasteiger partial charge on any atom is 0.144 e.